The molecule has 1 N–H and O–H groups in total. The zero-order valence-corrected chi connectivity index (χ0v) is 16.6. The molecule has 0 saturated carbocycles. The number of benzene rings is 3. The Balaban J connectivity index is 1.67. The summed E-state index contributed by atoms with van der Waals surface area (Å²) in [6, 6.07) is 28.6. The Kier molecular flexibility index (Phi) is 7.17. The number of rotatable bonds is 8. The smallest absolute Gasteiger partial charge is 0.253 e. The Morgan fingerprint density at radius 1 is 0.793 bits per heavy atom. The molecule has 0 radical (unpaired) electrons. The highest BCUT2D eigenvalue weighted by Crippen LogP contribution is 2.14. The van der Waals surface area contributed by atoms with Crippen LogP contribution in [-0.4, -0.2) is 36.3 Å². The van der Waals surface area contributed by atoms with Gasteiger partial charge in [0.2, 0.25) is 0 Å². The SMILES string of the molecule is CN(C(=O)c1ccccc1)[C@H](CCNC(=O)c1ccccc1)Cc1ccccc1. The molecule has 3 rings (SSSR count). The number of carbonyl (C=O) groups is 2. The lowest BCUT2D eigenvalue weighted by Gasteiger charge is -2.29. The molecule has 0 aromatic heterocycles. The Morgan fingerprint density at radius 3 is 1.90 bits per heavy atom. The van der Waals surface area contributed by atoms with Gasteiger partial charge >= 0.3 is 0 Å². The molecule has 4 nitrogen and oxygen atoms in total. The van der Waals surface area contributed by atoms with Crippen molar-refractivity contribution in [3.05, 3.63) is 108 Å². The third kappa shape index (κ3) is 5.79. The predicted octanol–water partition coefficient (Wildman–Crippen LogP) is 4.19. The minimum Gasteiger partial charge on any atom is -0.352 e. The first-order valence-corrected chi connectivity index (χ1v) is 9.84. The van der Waals surface area contributed by atoms with Gasteiger partial charge in [-0.25, -0.2) is 0 Å². The Hall–Kier alpha value is -3.40. The molecule has 0 aliphatic heterocycles. The van der Waals surface area contributed by atoms with Crippen LogP contribution in [0.4, 0.5) is 0 Å². The molecule has 0 spiro atoms. The summed E-state index contributed by atoms with van der Waals surface area (Å²) < 4.78 is 0. The third-order valence-corrected chi connectivity index (χ3v) is 5.00. The van der Waals surface area contributed by atoms with Gasteiger partial charge in [0.05, 0.1) is 0 Å². The van der Waals surface area contributed by atoms with Crippen molar-refractivity contribution in [1.82, 2.24) is 10.2 Å². The number of hydrogen-bond acceptors (Lipinski definition) is 2. The van der Waals surface area contributed by atoms with Gasteiger partial charge in [0.15, 0.2) is 0 Å². The van der Waals surface area contributed by atoms with Crippen molar-refractivity contribution in [3.63, 3.8) is 0 Å². The maximum atomic E-state index is 12.9. The molecule has 4 heteroatoms. The van der Waals surface area contributed by atoms with Crippen molar-refractivity contribution in [2.75, 3.05) is 13.6 Å². The fourth-order valence-corrected chi connectivity index (χ4v) is 3.31. The fraction of sp³-hybridized carbons (Fsp3) is 0.200. The van der Waals surface area contributed by atoms with Gasteiger partial charge in [-0.15, -0.1) is 0 Å². The molecular weight excluding hydrogens is 360 g/mol. The van der Waals surface area contributed by atoms with E-state index in [4.69, 9.17) is 0 Å². The average Bonchev–Trinajstić information content (AvgIpc) is 2.79. The zero-order valence-electron chi connectivity index (χ0n) is 16.6. The number of nitrogens with one attached hydrogen (secondary N) is 1. The Bertz CT molecular complexity index is 911. The third-order valence-electron chi connectivity index (χ3n) is 5.00. The molecule has 148 valence electrons. The zero-order chi connectivity index (χ0) is 20.5. The van der Waals surface area contributed by atoms with Crippen molar-refractivity contribution in [2.45, 2.75) is 18.9 Å². The van der Waals surface area contributed by atoms with E-state index >= 15 is 0 Å². The van der Waals surface area contributed by atoms with Crippen molar-refractivity contribution in [3.8, 4) is 0 Å². The number of hydrogen-bond donors (Lipinski definition) is 1. The molecule has 0 fully saturated rings. The second-order valence-corrected chi connectivity index (χ2v) is 7.04. The van der Waals surface area contributed by atoms with Gasteiger partial charge in [0.25, 0.3) is 11.8 Å². The van der Waals surface area contributed by atoms with Gasteiger partial charge in [-0.2, -0.15) is 0 Å². The molecule has 0 aliphatic rings. The van der Waals surface area contributed by atoms with E-state index in [-0.39, 0.29) is 17.9 Å². The van der Waals surface area contributed by atoms with Crippen LogP contribution in [0.2, 0.25) is 0 Å². The van der Waals surface area contributed by atoms with Crippen LogP contribution in [0, 0.1) is 0 Å². The van der Waals surface area contributed by atoms with E-state index in [1.165, 1.54) is 5.56 Å². The van der Waals surface area contributed by atoms with E-state index in [2.05, 4.69) is 17.4 Å². The lowest BCUT2D eigenvalue weighted by molar-refractivity contribution is 0.0723. The van der Waals surface area contributed by atoms with Crippen molar-refractivity contribution in [1.29, 1.82) is 0 Å². The summed E-state index contributed by atoms with van der Waals surface area (Å²) in [7, 11) is 1.84. The molecule has 0 heterocycles. The first-order valence-electron chi connectivity index (χ1n) is 9.84. The summed E-state index contributed by atoms with van der Waals surface area (Å²) in [5, 5.41) is 2.97. The Morgan fingerprint density at radius 2 is 1.31 bits per heavy atom. The number of carbonyl (C=O) groups excluding carboxylic acids is 2. The second-order valence-electron chi connectivity index (χ2n) is 7.04. The Labute approximate surface area is 172 Å². The normalized spacial score (nSPS) is 11.5. The van der Waals surface area contributed by atoms with Crippen LogP contribution >= 0.6 is 0 Å². The fourth-order valence-electron chi connectivity index (χ4n) is 3.31. The van der Waals surface area contributed by atoms with Crippen LogP contribution in [0.25, 0.3) is 0 Å². The number of nitrogens with zero attached hydrogens (tertiary/aromatic N) is 1. The largest absolute Gasteiger partial charge is 0.352 e. The van der Waals surface area contributed by atoms with Crippen LogP contribution in [0.3, 0.4) is 0 Å². The molecular formula is C25H26N2O2. The van der Waals surface area contributed by atoms with Gasteiger partial charge in [-0.3, -0.25) is 9.59 Å². The van der Waals surface area contributed by atoms with E-state index < -0.39 is 0 Å². The molecule has 3 aromatic rings. The highest BCUT2D eigenvalue weighted by atomic mass is 16.2. The molecule has 3 aromatic carbocycles. The molecule has 2 amide bonds. The monoisotopic (exact) mass is 386 g/mol. The lowest BCUT2D eigenvalue weighted by atomic mass is 10.0. The van der Waals surface area contributed by atoms with Crippen molar-refractivity contribution >= 4 is 11.8 Å². The van der Waals surface area contributed by atoms with Gasteiger partial charge < -0.3 is 10.2 Å². The maximum Gasteiger partial charge on any atom is 0.253 e. The minimum atomic E-state index is -0.0962. The van der Waals surface area contributed by atoms with Gasteiger partial charge in [-0.1, -0.05) is 66.7 Å². The highest BCUT2D eigenvalue weighted by Gasteiger charge is 2.21. The van der Waals surface area contributed by atoms with E-state index in [1.807, 2.05) is 73.8 Å². The quantitative estimate of drug-likeness (QED) is 0.631. The van der Waals surface area contributed by atoms with E-state index in [1.54, 1.807) is 17.0 Å². The molecule has 1 atom stereocenters. The van der Waals surface area contributed by atoms with E-state index in [0.717, 1.165) is 6.42 Å². The van der Waals surface area contributed by atoms with E-state index in [0.29, 0.717) is 24.1 Å². The predicted molar refractivity (Wildman–Crippen MR) is 116 cm³/mol. The van der Waals surface area contributed by atoms with Gasteiger partial charge in [0.1, 0.15) is 0 Å². The highest BCUT2D eigenvalue weighted by molar-refractivity contribution is 5.94. The van der Waals surface area contributed by atoms with Crippen LogP contribution in [0.1, 0.15) is 32.7 Å². The first-order chi connectivity index (χ1) is 14.1. The number of amides is 2. The van der Waals surface area contributed by atoms with Crippen LogP contribution < -0.4 is 5.32 Å². The summed E-state index contributed by atoms with van der Waals surface area (Å²) >= 11 is 0. The molecule has 0 aliphatic carbocycles. The minimum absolute atomic E-state index is 0.0130. The molecule has 0 unspecified atom stereocenters. The molecule has 0 saturated heterocycles. The first kappa shape index (κ1) is 20.3. The number of likely N-dealkylation sites (N-methyl/N-ethyl adjacent to an activating group) is 1. The second kappa shape index (κ2) is 10.2. The lowest BCUT2D eigenvalue weighted by Crippen LogP contribution is -2.41. The molecule has 0 bridgehead atoms. The van der Waals surface area contributed by atoms with Crippen molar-refractivity contribution in [2.24, 2.45) is 0 Å². The van der Waals surface area contributed by atoms with Gasteiger partial charge in [0, 0.05) is 30.8 Å². The maximum absolute atomic E-state index is 12.9. The molecule has 29 heavy (non-hydrogen) atoms. The topological polar surface area (TPSA) is 49.4 Å². The van der Waals surface area contributed by atoms with Crippen molar-refractivity contribution < 1.29 is 9.59 Å². The standard InChI is InChI=1S/C25H26N2O2/c1-27(25(29)22-15-9-4-10-16-22)23(19-20-11-5-2-6-12-20)17-18-26-24(28)21-13-7-3-8-14-21/h2-16,23H,17-19H2,1H3,(H,26,28)/t23-/m1/s1. The van der Waals surface area contributed by atoms with Crippen LogP contribution in [0.5, 0.6) is 0 Å². The summed E-state index contributed by atoms with van der Waals surface area (Å²) in [5.41, 5.74) is 2.47. The summed E-state index contributed by atoms with van der Waals surface area (Å²) in [6.45, 7) is 0.498. The van der Waals surface area contributed by atoms with Crippen LogP contribution in [0.15, 0.2) is 91.0 Å². The average molecular weight is 386 g/mol. The summed E-state index contributed by atoms with van der Waals surface area (Å²) in [6.07, 6.45) is 1.40. The van der Waals surface area contributed by atoms with Crippen LogP contribution in [-0.2, 0) is 6.42 Å². The summed E-state index contributed by atoms with van der Waals surface area (Å²) in [5.74, 6) is -0.109. The van der Waals surface area contributed by atoms with E-state index in [9.17, 15) is 9.59 Å². The van der Waals surface area contributed by atoms with Gasteiger partial charge in [-0.05, 0) is 42.7 Å². The summed E-state index contributed by atoms with van der Waals surface area (Å²) in [4.78, 5) is 27.0.